The molecule has 5 rings (SSSR count). The summed E-state index contributed by atoms with van der Waals surface area (Å²) < 4.78 is 14.1. The molecular weight excluding hydrogens is 438 g/mol. The number of pyridine rings is 1. The van der Waals surface area contributed by atoms with Crippen molar-refractivity contribution in [3.63, 3.8) is 0 Å². The highest BCUT2D eigenvalue weighted by Gasteiger charge is 2.27. The SMILES string of the molecule is CCOc1cccc2sc(N(CCN3CCOCC3)C(=O)c3c(C)nc4ccccn34)nc12. The van der Waals surface area contributed by atoms with Gasteiger partial charge in [0, 0.05) is 32.4 Å². The molecule has 9 heteroatoms. The van der Waals surface area contributed by atoms with Gasteiger partial charge in [-0.3, -0.25) is 19.0 Å². The van der Waals surface area contributed by atoms with E-state index in [1.807, 2.05) is 60.8 Å². The second kappa shape index (κ2) is 9.46. The number of hydrogen-bond acceptors (Lipinski definition) is 7. The van der Waals surface area contributed by atoms with Crippen LogP contribution in [0.25, 0.3) is 15.9 Å². The van der Waals surface area contributed by atoms with E-state index in [1.54, 1.807) is 4.90 Å². The van der Waals surface area contributed by atoms with Crippen molar-refractivity contribution in [1.82, 2.24) is 19.3 Å². The first-order valence-corrected chi connectivity index (χ1v) is 12.1. The van der Waals surface area contributed by atoms with Gasteiger partial charge in [-0.1, -0.05) is 23.5 Å². The van der Waals surface area contributed by atoms with E-state index >= 15 is 0 Å². The Labute approximate surface area is 196 Å². The number of carbonyl (C=O) groups excluding carboxylic acids is 1. The Morgan fingerprint density at radius 1 is 1.18 bits per heavy atom. The number of ether oxygens (including phenoxy) is 2. The van der Waals surface area contributed by atoms with Gasteiger partial charge >= 0.3 is 0 Å². The number of nitrogens with zero attached hydrogens (tertiary/aromatic N) is 5. The predicted octanol–water partition coefficient (Wildman–Crippen LogP) is 3.63. The molecule has 1 saturated heterocycles. The number of imidazole rings is 1. The first-order valence-electron chi connectivity index (χ1n) is 11.2. The summed E-state index contributed by atoms with van der Waals surface area (Å²) in [6, 6.07) is 11.6. The molecule has 0 radical (unpaired) electrons. The van der Waals surface area contributed by atoms with E-state index in [0.717, 1.165) is 54.5 Å². The molecule has 0 aliphatic carbocycles. The number of para-hydroxylation sites is 1. The molecule has 1 aliphatic rings. The van der Waals surface area contributed by atoms with Gasteiger partial charge < -0.3 is 9.47 Å². The maximum absolute atomic E-state index is 14.0. The summed E-state index contributed by atoms with van der Waals surface area (Å²) in [5.41, 5.74) is 2.82. The Kier molecular flexibility index (Phi) is 6.26. The topological polar surface area (TPSA) is 72.2 Å². The Bertz CT molecular complexity index is 1280. The molecule has 0 atom stereocenters. The minimum atomic E-state index is -0.100. The van der Waals surface area contributed by atoms with Crippen LogP contribution in [0.5, 0.6) is 5.75 Å². The molecule has 1 aromatic carbocycles. The molecule has 1 aliphatic heterocycles. The third-order valence-electron chi connectivity index (χ3n) is 5.80. The lowest BCUT2D eigenvalue weighted by atomic mass is 10.3. The quantitative estimate of drug-likeness (QED) is 0.415. The Balaban J connectivity index is 1.54. The second-order valence-electron chi connectivity index (χ2n) is 7.92. The van der Waals surface area contributed by atoms with Crippen molar-refractivity contribution in [2.75, 3.05) is 50.9 Å². The van der Waals surface area contributed by atoms with Gasteiger partial charge in [-0.05, 0) is 38.1 Å². The number of aromatic nitrogens is 3. The first-order chi connectivity index (χ1) is 16.2. The highest BCUT2D eigenvalue weighted by atomic mass is 32.1. The van der Waals surface area contributed by atoms with Crippen molar-refractivity contribution in [3.8, 4) is 5.75 Å². The van der Waals surface area contributed by atoms with Gasteiger partial charge in [0.1, 0.15) is 22.6 Å². The number of hydrogen-bond donors (Lipinski definition) is 0. The number of anilines is 1. The van der Waals surface area contributed by atoms with Crippen LogP contribution in [0.4, 0.5) is 5.13 Å². The molecule has 0 N–H and O–H groups in total. The van der Waals surface area contributed by atoms with Gasteiger partial charge in [0.2, 0.25) is 0 Å². The van der Waals surface area contributed by atoms with E-state index in [9.17, 15) is 4.79 Å². The normalized spacial score (nSPS) is 14.7. The second-order valence-corrected chi connectivity index (χ2v) is 8.93. The van der Waals surface area contributed by atoms with E-state index in [4.69, 9.17) is 14.5 Å². The van der Waals surface area contributed by atoms with Crippen molar-refractivity contribution in [2.24, 2.45) is 0 Å². The number of thiazole rings is 1. The van der Waals surface area contributed by atoms with Crippen LogP contribution in [0.2, 0.25) is 0 Å². The van der Waals surface area contributed by atoms with Crippen molar-refractivity contribution in [2.45, 2.75) is 13.8 Å². The maximum Gasteiger partial charge on any atom is 0.279 e. The number of rotatable bonds is 7. The van der Waals surface area contributed by atoms with Gasteiger partial charge in [0.05, 0.1) is 30.2 Å². The third kappa shape index (κ3) is 4.31. The van der Waals surface area contributed by atoms with E-state index in [2.05, 4.69) is 9.88 Å². The molecule has 1 fully saturated rings. The largest absolute Gasteiger partial charge is 0.492 e. The molecular formula is C24H27N5O3S. The zero-order valence-corrected chi connectivity index (χ0v) is 19.7. The fourth-order valence-electron chi connectivity index (χ4n) is 4.15. The van der Waals surface area contributed by atoms with E-state index in [0.29, 0.717) is 29.7 Å². The minimum Gasteiger partial charge on any atom is -0.492 e. The van der Waals surface area contributed by atoms with Crippen LogP contribution in [-0.2, 0) is 4.74 Å². The average molecular weight is 466 g/mol. The van der Waals surface area contributed by atoms with Crippen LogP contribution in [-0.4, -0.2) is 71.2 Å². The van der Waals surface area contributed by atoms with E-state index < -0.39 is 0 Å². The third-order valence-corrected chi connectivity index (χ3v) is 6.84. The van der Waals surface area contributed by atoms with Crippen molar-refractivity contribution in [3.05, 3.63) is 54.0 Å². The van der Waals surface area contributed by atoms with Crippen LogP contribution in [0.15, 0.2) is 42.6 Å². The fraction of sp³-hybridized carbons (Fsp3) is 0.375. The molecule has 0 bridgehead atoms. The summed E-state index contributed by atoms with van der Waals surface area (Å²) in [5, 5.41) is 0.667. The molecule has 4 heterocycles. The summed E-state index contributed by atoms with van der Waals surface area (Å²) in [6.45, 7) is 8.85. The maximum atomic E-state index is 14.0. The van der Waals surface area contributed by atoms with Gasteiger partial charge in [0.15, 0.2) is 5.13 Å². The Hall–Kier alpha value is -3.01. The molecule has 3 aromatic heterocycles. The number of amides is 1. The first kappa shape index (κ1) is 21.8. The Morgan fingerprint density at radius 2 is 2.03 bits per heavy atom. The van der Waals surface area contributed by atoms with E-state index in [1.165, 1.54) is 11.3 Å². The lowest BCUT2D eigenvalue weighted by Crippen LogP contribution is -2.43. The highest BCUT2D eigenvalue weighted by molar-refractivity contribution is 7.22. The van der Waals surface area contributed by atoms with Crippen LogP contribution >= 0.6 is 11.3 Å². The van der Waals surface area contributed by atoms with Crippen LogP contribution in [0.3, 0.4) is 0 Å². The molecule has 8 nitrogen and oxygen atoms in total. The zero-order valence-electron chi connectivity index (χ0n) is 18.9. The fourth-order valence-corrected chi connectivity index (χ4v) is 5.16. The summed E-state index contributed by atoms with van der Waals surface area (Å²) >= 11 is 1.51. The van der Waals surface area contributed by atoms with Crippen molar-refractivity contribution >= 4 is 38.2 Å². The molecule has 0 spiro atoms. The van der Waals surface area contributed by atoms with Crippen LogP contribution in [0.1, 0.15) is 23.1 Å². The summed E-state index contributed by atoms with van der Waals surface area (Å²) in [7, 11) is 0. The summed E-state index contributed by atoms with van der Waals surface area (Å²) in [5.74, 6) is 0.639. The molecule has 0 unspecified atom stereocenters. The molecule has 172 valence electrons. The number of carbonyl (C=O) groups is 1. The van der Waals surface area contributed by atoms with Crippen molar-refractivity contribution < 1.29 is 14.3 Å². The number of aryl methyl sites for hydroxylation is 1. The monoisotopic (exact) mass is 465 g/mol. The van der Waals surface area contributed by atoms with E-state index in [-0.39, 0.29) is 5.91 Å². The Morgan fingerprint density at radius 3 is 2.85 bits per heavy atom. The molecule has 0 saturated carbocycles. The van der Waals surface area contributed by atoms with Gasteiger partial charge in [-0.25, -0.2) is 9.97 Å². The molecule has 33 heavy (non-hydrogen) atoms. The smallest absolute Gasteiger partial charge is 0.279 e. The number of fused-ring (bicyclic) bond motifs is 2. The van der Waals surface area contributed by atoms with Gasteiger partial charge in [-0.2, -0.15) is 0 Å². The minimum absolute atomic E-state index is 0.100. The summed E-state index contributed by atoms with van der Waals surface area (Å²) in [6.07, 6.45) is 1.88. The van der Waals surface area contributed by atoms with Gasteiger partial charge in [-0.15, -0.1) is 0 Å². The van der Waals surface area contributed by atoms with Crippen LogP contribution in [0, 0.1) is 6.92 Å². The average Bonchev–Trinajstić information content (AvgIpc) is 3.41. The number of morpholine rings is 1. The van der Waals surface area contributed by atoms with Gasteiger partial charge in [0.25, 0.3) is 5.91 Å². The highest BCUT2D eigenvalue weighted by Crippen LogP contribution is 2.35. The van der Waals surface area contributed by atoms with Crippen LogP contribution < -0.4 is 9.64 Å². The summed E-state index contributed by atoms with van der Waals surface area (Å²) in [4.78, 5) is 27.5. The lowest BCUT2D eigenvalue weighted by molar-refractivity contribution is 0.0391. The van der Waals surface area contributed by atoms with Crippen molar-refractivity contribution in [1.29, 1.82) is 0 Å². The lowest BCUT2D eigenvalue weighted by Gasteiger charge is -2.29. The zero-order chi connectivity index (χ0) is 22.8. The molecule has 4 aromatic rings. The standard InChI is InChI=1S/C24H27N5O3S/c1-3-32-18-7-6-8-19-21(18)26-24(33-19)29(12-11-27-13-15-31-16-14-27)23(30)22-17(2)25-20-9-4-5-10-28(20)22/h4-10H,3,11-16H2,1-2H3. The molecule has 1 amide bonds. The predicted molar refractivity (Wildman–Crippen MR) is 130 cm³/mol. The number of benzene rings is 1.